The minimum absolute atomic E-state index is 0.122. The van der Waals surface area contributed by atoms with Gasteiger partial charge in [-0.2, -0.15) is 0 Å². The van der Waals surface area contributed by atoms with Crippen molar-refractivity contribution in [2.75, 3.05) is 39.4 Å². The number of morpholine rings is 1. The molecule has 0 unspecified atom stereocenters. The molecule has 0 radical (unpaired) electrons. The molecule has 1 saturated heterocycles. The van der Waals surface area contributed by atoms with E-state index in [0.717, 1.165) is 28.1 Å². The Morgan fingerprint density at radius 3 is 2.68 bits per heavy atom. The van der Waals surface area contributed by atoms with Crippen LogP contribution >= 0.6 is 27.3 Å². The van der Waals surface area contributed by atoms with E-state index in [1.54, 1.807) is 11.8 Å². The molecule has 7 nitrogen and oxygen atoms in total. The lowest BCUT2D eigenvalue weighted by molar-refractivity contribution is -0.129. The zero-order valence-electron chi connectivity index (χ0n) is 17.4. The van der Waals surface area contributed by atoms with Gasteiger partial charge in [0.1, 0.15) is 0 Å². The normalized spacial score (nSPS) is 20.0. The first kappa shape index (κ1) is 22.1. The van der Waals surface area contributed by atoms with Crippen LogP contribution < -0.4 is 0 Å². The number of aliphatic hydroxyl groups excluding tert-OH is 1. The third kappa shape index (κ3) is 4.45. The van der Waals surface area contributed by atoms with Gasteiger partial charge >= 0.3 is 0 Å². The van der Waals surface area contributed by atoms with Gasteiger partial charge in [0.05, 0.1) is 40.4 Å². The number of rotatable bonds is 6. The van der Waals surface area contributed by atoms with Gasteiger partial charge in [-0.3, -0.25) is 14.5 Å². The number of carbonyl (C=O) groups excluding carboxylic acids is 2. The third-order valence-corrected chi connectivity index (χ3v) is 7.15. The van der Waals surface area contributed by atoms with Crippen LogP contribution in [0.2, 0.25) is 0 Å². The molecule has 4 rings (SSSR count). The molecule has 2 aromatic rings. The smallest absolute Gasteiger partial charge is 0.290 e. The van der Waals surface area contributed by atoms with E-state index in [4.69, 9.17) is 4.74 Å². The average Bonchev–Trinajstić information content (AvgIpc) is 3.22. The summed E-state index contributed by atoms with van der Waals surface area (Å²) in [6.07, 6.45) is 0. The highest BCUT2D eigenvalue weighted by Crippen LogP contribution is 2.40. The number of benzene rings is 1. The number of Topliss-reactive ketones (excluding diaryl/α,β-unsaturated/α-hetero) is 1. The minimum atomic E-state index is -0.652. The molecule has 1 atom stereocenters. The summed E-state index contributed by atoms with van der Waals surface area (Å²) in [5.41, 5.74) is 1.51. The molecule has 1 aromatic heterocycles. The summed E-state index contributed by atoms with van der Waals surface area (Å²) in [5.74, 6) is -1.32. The maximum Gasteiger partial charge on any atom is 0.290 e. The Labute approximate surface area is 193 Å². The quantitative estimate of drug-likeness (QED) is 0.605. The first-order valence-electron chi connectivity index (χ1n) is 10.1. The van der Waals surface area contributed by atoms with Crippen LogP contribution in [0.15, 0.2) is 40.1 Å². The Morgan fingerprint density at radius 2 is 2.03 bits per heavy atom. The molecular formula is C22H24BrN3O4S. The van der Waals surface area contributed by atoms with Crippen LogP contribution in [-0.2, 0) is 9.53 Å². The summed E-state index contributed by atoms with van der Waals surface area (Å²) >= 11 is 4.76. The first-order chi connectivity index (χ1) is 14.9. The summed E-state index contributed by atoms with van der Waals surface area (Å²) in [4.78, 5) is 35.2. The highest BCUT2D eigenvalue weighted by Gasteiger charge is 2.44. The topological polar surface area (TPSA) is 83.0 Å². The molecular weight excluding hydrogens is 482 g/mol. The monoisotopic (exact) mass is 505 g/mol. The fourth-order valence-electron chi connectivity index (χ4n) is 4.08. The fraction of sp³-hybridized carbons (Fsp3) is 0.409. The Morgan fingerprint density at radius 1 is 1.29 bits per heavy atom. The van der Waals surface area contributed by atoms with E-state index in [2.05, 4.69) is 25.8 Å². The molecule has 2 aliphatic rings. The number of aryl methyl sites for hydroxylation is 2. The number of halogens is 1. The van der Waals surface area contributed by atoms with Gasteiger partial charge in [-0.25, -0.2) is 4.98 Å². The van der Waals surface area contributed by atoms with Crippen molar-refractivity contribution in [3.8, 4) is 0 Å². The number of ketones is 1. The largest absolute Gasteiger partial charge is 0.503 e. The minimum Gasteiger partial charge on any atom is -0.503 e. The van der Waals surface area contributed by atoms with E-state index in [-0.39, 0.29) is 11.4 Å². The summed E-state index contributed by atoms with van der Waals surface area (Å²) in [5, 5.41) is 11.6. The Balaban J connectivity index is 1.70. The van der Waals surface area contributed by atoms with E-state index < -0.39 is 17.7 Å². The van der Waals surface area contributed by atoms with Gasteiger partial charge in [0.2, 0.25) is 5.78 Å². The molecule has 31 heavy (non-hydrogen) atoms. The average molecular weight is 506 g/mol. The molecule has 9 heteroatoms. The standard InChI is InChI=1S/C22H24BrN3O4S/c1-13-21(31-14(2)24-13)19(27)17-18(15-4-3-5-16(23)12-15)26(22(29)20(17)28)7-6-25-8-10-30-11-9-25/h3-5,12,18,28H,6-11H2,1-2H3/t18-/m0/s1. The number of hydrogen-bond donors (Lipinski definition) is 1. The van der Waals surface area contributed by atoms with Gasteiger partial charge in [0.15, 0.2) is 5.76 Å². The van der Waals surface area contributed by atoms with Crippen molar-refractivity contribution in [3.05, 3.63) is 61.2 Å². The molecule has 1 N–H and O–H groups in total. The molecule has 164 valence electrons. The molecule has 3 heterocycles. The molecule has 0 saturated carbocycles. The van der Waals surface area contributed by atoms with Crippen molar-refractivity contribution in [3.63, 3.8) is 0 Å². The van der Waals surface area contributed by atoms with Crippen LogP contribution in [0.1, 0.15) is 32.0 Å². The van der Waals surface area contributed by atoms with Crippen molar-refractivity contribution in [1.82, 2.24) is 14.8 Å². The maximum atomic E-state index is 13.5. The van der Waals surface area contributed by atoms with E-state index in [0.29, 0.717) is 36.9 Å². The van der Waals surface area contributed by atoms with Crippen LogP contribution in [-0.4, -0.2) is 71.0 Å². The second-order valence-electron chi connectivity index (χ2n) is 7.65. The van der Waals surface area contributed by atoms with Crippen LogP contribution in [0.25, 0.3) is 0 Å². The van der Waals surface area contributed by atoms with E-state index in [1.807, 2.05) is 31.2 Å². The number of aliphatic hydroxyl groups is 1. The van der Waals surface area contributed by atoms with Crippen LogP contribution in [0.3, 0.4) is 0 Å². The van der Waals surface area contributed by atoms with Crippen LogP contribution in [0, 0.1) is 13.8 Å². The Bertz CT molecular complexity index is 1050. The van der Waals surface area contributed by atoms with Crippen molar-refractivity contribution >= 4 is 39.0 Å². The molecule has 0 spiro atoms. The Kier molecular flexibility index (Phi) is 6.57. The van der Waals surface area contributed by atoms with Gasteiger partial charge in [-0.1, -0.05) is 28.1 Å². The number of hydrogen-bond acceptors (Lipinski definition) is 7. The van der Waals surface area contributed by atoms with Gasteiger partial charge in [0.25, 0.3) is 5.91 Å². The van der Waals surface area contributed by atoms with Gasteiger partial charge in [-0.05, 0) is 31.5 Å². The summed E-state index contributed by atoms with van der Waals surface area (Å²) in [6.45, 7) is 7.59. The number of amides is 1. The van der Waals surface area contributed by atoms with Crippen LogP contribution in [0.5, 0.6) is 0 Å². The molecule has 2 aliphatic heterocycles. The summed E-state index contributed by atoms with van der Waals surface area (Å²) in [6, 6.07) is 6.86. The molecule has 0 aliphatic carbocycles. The van der Waals surface area contributed by atoms with E-state index in [9.17, 15) is 14.7 Å². The Hall–Kier alpha value is -2.07. The molecule has 1 aromatic carbocycles. The van der Waals surface area contributed by atoms with Gasteiger partial charge in [-0.15, -0.1) is 11.3 Å². The fourth-order valence-corrected chi connectivity index (χ4v) is 5.37. The highest BCUT2D eigenvalue weighted by molar-refractivity contribution is 9.10. The van der Waals surface area contributed by atoms with Gasteiger partial charge < -0.3 is 14.7 Å². The predicted octanol–water partition coefficient (Wildman–Crippen LogP) is 3.43. The summed E-state index contributed by atoms with van der Waals surface area (Å²) < 4.78 is 6.24. The highest BCUT2D eigenvalue weighted by atomic mass is 79.9. The second-order valence-corrected chi connectivity index (χ2v) is 9.77. The number of aromatic nitrogens is 1. The van der Waals surface area contributed by atoms with Crippen molar-refractivity contribution < 1.29 is 19.4 Å². The number of thiazole rings is 1. The lowest BCUT2D eigenvalue weighted by Gasteiger charge is -2.31. The van der Waals surface area contributed by atoms with Crippen LogP contribution in [0.4, 0.5) is 0 Å². The van der Waals surface area contributed by atoms with E-state index in [1.165, 1.54) is 11.3 Å². The zero-order valence-corrected chi connectivity index (χ0v) is 19.8. The first-order valence-corrected chi connectivity index (χ1v) is 11.8. The maximum absolute atomic E-state index is 13.5. The molecule has 0 bridgehead atoms. The number of ether oxygens (including phenoxy) is 1. The summed E-state index contributed by atoms with van der Waals surface area (Å²) in [7, 11) is 0. The van der Waals surface area contributed by atoms with Gasteiger partial charge in [0, 0.05) is 30.7 Å². The number of carbonyl (C=O) groups is 2. The predicted molar refractivity (Wildman–Crippen MR) is 121 cm³/mol. The molecule has 1 fully saturated rings. The zero-order chi connectivity index (χ0) is 22.1. The lowest BCUT2D eigenvalue weighted by Crippen LogP contribution is -2.43. The van der Waals surface area contributed by atoms with E-state index >= 15 is 0 Å². The lowest BCUT2D eigenvalue weighted by atomic mass is 9.95. The van der Waals surface area contributed by atoms with Crippen molar-refractivity contribution in [2.45, 2.75) is 19.9 Å². The number of nitrogens with zero attached hydrogens (tertiary/aromatic N) is 3. The SMILES string of the molecule is Cc1nc(C)c(C(=O)C2=C(O)C(=O)N(CCN3CCOCC3)[C@H]2c2cccc(Br)c2)s1. The third-order valence-electron chi connectivity index (χ3n) is 5.58. The van der Waals surface area contributed by atoms with Crippen molar-refractivity contribution in [1.29, 1.82) is 0 Å². The molecule has 1 amide bonds. The second kappa shape index (κ2) is 9.20. The van der Waals surface area contributed by atoms with Crippen molar-refractivity contribution in [2.24, 2.45) is 0 Å².